The molecule has 2 N–H and O–H groups in total. The first-order chi connectivity index (χ1) is 12.2. The van der Waals surface area contributed by atoms with Gasteiger partial charge in [-0.15, -0.1) is 16.4 Å². The van der Waals surface area contributed by atoms with E-state index in [1.807, 2.05) is 0 Å². The zero-order valence-electron chi connectivity index (χ0n) is 14.0. The van der Waals surface area contributed by atoms with Crippen molar-refractivity contribution < 1.29 is 14.3 Å². The normalized spacial score (nSPS) is 13.3. The molecule has 25 heavy (non-hydrogen) atoms. The van der Waals surface area contributed by atoms with Crippen molar-refractivity contribution in [3.8, 4) is 0 Å². The summed E-state index contributed by atoms with van der Waals surface area (Å²) in [6.07, 6.45) is 4.77. The van der Waals surface area contributed by atoms with Crippen molar-refractivity contribution in [2.75, 3.05) is 25.6 Å². The molecule has 1 aliphatic carbocycles. The Bertz CT molecular complexity index is 743. The molecular weight excluding hydrogens is 360 g/mol. The number of aryl methyl sites for hydroxylation is 1. The van der Waals surface area contributed by atoms with Gasteiger partial charge in [0.15, 0.2) is 5.69 Å². The minimum absolute atomic E-state index is 0.137. The van der Waals surface area contributed by atoms with Gasteiger partial charge in [-0.3, -0.25) is 9.59 Å². The van der Waals surface area contributed by atoms with Gasteiger partial charge in [-0.1, -0.05) is 4.49 Å². The number of methoxy groups -OCH3 is 1. The maximum Gasteiger partial charge on any atom is 0.277 e. The summed E-state index contributed by atoms with van der Waals surface area (Å²) < 4.78 is 8.71. The molecule has 1 aliphatic rings. The van der Waals surface area contributed by atoms with Gasteiger partial charge in [0.2, 0.25) is 0 Å². The molecule has 0 radical (unpaired) electrons. The Morgan fingerprint density at radius 3 is 2.88 bits per heavy atom. The third-order valence-corrected chi connectivity index (χ3v) is 5.74. The van der Waals surface area contributed by atoms with Crippen molar-refractivity contribution in [3.63, 3.8) is 0 Å². The van der Waals surface area contributed by atoms with Crippen molar-refractivity contribution in [3.05, 3.63) is 27.1 Å². The Balaban J connectivity index is 1.80. The van der Waals surface area contributed by atoms with Gasteiger partial charge in [-0.2, -0.15) is 0 Å². The molecule has 0 saturated carbocycles. The average molecular weight is 380 g/mol. The van der Waals surface area contributed by atoms with Gasteiger partial charge in [0.05, 0.1) is 5.56 Å². The van der Waals surface area contributed by atoms with Crippen molar-refractivity contribution >= 4 is 39.7 Å². The number of amides is 2. The van der Waals surface area contributed by atoms with Crippen LogP contribution in [0.15, 0.2) is 5.38 Å². The third-order valence-electron chi connectivity index (χ3n) is 4.03. The van der Waals surface area contributed by atoms with Crippen molar-refractivity contribution in [1.82, 2.24) is 14.9 Å². The maximum atomic E-state index is 12.7. The van der Waals surface area contributed by atoms with Gasteiger partial charge in [-0.25, -0.2) is 0 Å². The largest absolute Gasteiger partial charge is 0.385 e. The van der Waals surface area contributed by atoms with Gasteiger partial charge in [0.1, 0.15) is 5.00 Å². The van der Waals surface area contributed by atoms with Crippen LogP contribution in [0, 0.1) is 0 Å². The molecule has 0 aliphatic heterocycles. The first-order valence-electron chi connectivity index (χ1n) is 8.20. The van der Waals surface area contributed by atoms with Gasteiger partial charge in [0.25, 0.3) is 11.8 Å². The fourth-order valence-electron chi connectivity index (χ4n) is 2.83. The topological polar surface area (TPSA) is 93.2 Å². The van der Waals surface area contributed by atoms with E-state index >= 15 is 0 Å². The Morgan fingerprint density at radius 2 is 2.12 bits per heavy atom. The van der Waals surface area contributed by atoms with Crippen LogP contribution in [-0.4, -0.2) is 41.7 Å². The Labute approximate surface area is 153 Å². The average Bonchev–Trinajstić information content (AvgIpc) is 3.26. The predicted molar refractivity (Wildman–Crippen MR) is 97.6 cm³/mol. The molecule has 2 heterocycles. The molecule has 0 bridgehead atoms. The fraction of sp³-hybridized carbons (Fsp3) is 0.500. The quantitative estimate of drug-likeness (QED) is 0.720. The second-order valence-electron chi connectivity index (χ2n) is 5.76. The molecule has 3 rings (SSSR count). The summed E-state index contributed by atoms with van der Waals surface area (Å²) in [5.74, 6) is -0.469. The molecule has 0 unspecified atom stereocenters. The maximum absolute atomic E-state index is 12.7. The molecule has 134 valence electrons. The summed E-state index contributed by atoms with van der Waals surface area (Å²) in [6, 6.07) is 0. The van der Waals surface area contributed by atoms with Gasteiger partial charge in [-0.05, 0) is 49.2 Å². The Kier molecular flexibility index (Phi) is 6.11. The van der Waals surface area contributed by atoms with Crippen LogP contribution in [-0.2, 0) is 17.6 Å². The second-order valence-corrected chi connectivity index (χ2v) is 7.48. The second kappa shape index (κ2) is 8.50. The Morgan fingerprint density at radius 1 is 1.28 bits per heavy atom. The van der Waals surface area contributed by atoms with E-state index < -0.39 is 0 Å². The van der Waals surface area contributed by atoms with Crippen LogP contribution in [0.2, 0.25) is 0 Å². The zero-order valence-corrected chi connectivity index (χ0v) is 15.6. The van der Waals surface area contributed by atoms with Crippen LogP contribution in [0.25, 0.3) is 0 Å². The van der Waals surface area contributed by atoms with Crippen LogP contribution in [0.3, 0.4) is 0 Å². The number of nitrogens with zero attached hydrogens (tertiary/aromatic N) is 2. The van der Waals surface area contributed by atoms with Crippen LogP contribution in [0.4, 0.5) is 5.00 Å². The van der Waals surface area contributed by atoms with Gasteiger partial charge < -0.3 is 15.4 Å². The first kappa shape index (κ1) is 18.0. The lowest BCUT2D eigenvalue weighted by atomic mass is 9.95. The van der Waals surface area contributed by atoms with E-state index in [9.17, 15) is 9.59 Å². The molecule has 0 aromatic carbocycles. The summed E-state index contributed by atoms with van der Waals surface area (Å²) in [5, 5.41) is 11.8. The van der Waals surface area contributed by atoms with E-state index in [4.69, 9.17) is 4.74 Å². The number of carbonyl (C=O) groups excluding carboxylic acids is 2. The number of nitrogens with one attached hydrogen (secondary N) is 2. The number of anilines is 1. The number of hydrogen-bond acceptors (Lipinski definition) is 7. The summed E-state index contributed by atoms with van der Waals surface area (Å²) in [5.41, 5.74) is 1.95. The van der Waals surface area contributed by atoms with Crippen molar-refractivity contribution in [1.29, 1.82) is 0 Å². The molecule has 7 nitrogen and oxygen atoms in total. The van der Waals surface area contributed by atoms with Crippen LogP contribution >= 0.6 is 22.9 Å². The molecule has 0 atom stereocenters. The summed E-state index contributed by atoms with van der Waals surface area (Å²) >= 11 is 2.62. The van der Waals surface area contributed by atoms with E-state index in [2.05, 4.69) is 20.2 Å². The number of fused-ring (bicyclic) bond motifs is 1. The van der Waals surface area contributed by atoms with E-state index in [1.54, 1.807) is 12.5 Å². The van der Waals surface area contributed by atoms with E-state index in [0.29, 0.717) is 23.7 Å². The smallest absolute Gasteiger partial charge is 0.277 e. The summed E-state index contributed by atoms with van der Waals surface area (Å²) in [4.78, 5) is 26.2. The third kappa shape index (κ3) is 4.23. The standard InChI is InChI=1S/C16H20N4O3S2/c1-23-8-4-7-17-15(22)13-10-5-2-3-6-12(10)25-16(13)18-14(21)11-9-24-20-19-11/h9H,2-8H2,1H3,(H,17,22)(H,18,21). The molecule has 2 aromatic heterocycles. The number of aromatic nitrogens is 2. The minimum atomic E-state index is -0.333. The van der Waals surface area contributed by atoms with Crippen molar-refractivity contribution in [2.45, 2.75) is 32.1 Å². The van der Waals surface area contributed by atoms with E-state index in [-0.39, 0.29) is 17.5 Å². The lowest BCUT2D eigenvalue weighted by Crippen LogP contribution is -2.27. The molecular formula is C16H20N4O3S2. The summed E-state index contributed by atoms with van der Waals surface area (Å²) in [6.45, 7) is 1.14. The molecule has 9 heteroatoms. The highest BCUT2D eigenvalue weighted by molar-refractivity contribution is 7.17. The number of thiophene rings is 1. The van der Waals surface area contributed by atoms with Crippen molar-refractivity contribution in [2.24, 2.45) is 0 Å². The molecule has 0 saturated heterocycles. The highest BCUT2D eigenvalue weighted by atomic mass is 32.1. The lowest BCUT2D eigenvalue weighted by Gasteiger charge is -2.13. The number of rotatable bonds is 7. The molecule has 0 spiro atoms. The lowest BCUT2D eigenvalue weighted by molar-refractivity contribution is 0.0948. The molecule has 2 aromatic rings. The van der Waals surface area contributed by atoms with Crippen LogP contribution in [0.5, 0.6) is 0 Å². The fourth-order valence-corrected chi connectivity index (χ4v) is 4.55. The van der Waals surface area contributed by atoms with Gasteiger partial charge >= 0.3 is 0 Å². The zero-order chi connectivity index (χ0) is 17.6. The molecule has 0 fully saturated rings. The monoisotopic (exact) mass is 380 g/mol. The summed E-state index contributed by atoms with van der Waals surface area (Å²) in [7, 11) is 1.64. The first-order valence-corrected chi connectivity index (χ1v) is 9.86. The van der Waals surface area contributed by atoms with E-state index in [1.165, 1.54) is 16.2 Å². The minimum Gasteiger partial charge on any atom is -0.385 e. The highest BCUT2D eigenvalue weighted by Crippen LogP contribution is 2.38. The highest BCUT2D eigenvalue weighted by Gasteiger charge is 2.26. The number of carbonyl (C=O) groups is 2. The Hall–Kier alpha value is -1.84. The SMILES string of the molecule is COCCCNC(=O)c1c(NC(=O)c2csnn2)sc2c1CCCC2. The van der Waals surface area contributed by atoms with E-state index in [0.717, 1.165) is 49.2 Å². The predicted octanol–water partition coefficient (Wildman–Crippen LogP) is 2.50. The van der Waals surface area contributed by atoms with Crippen LogP contribution < -0.4 is 10.6 Å². The molecule has 2 amide bonds. The van der Waals surface area contributed by atoms with Crippen LogP contribution in [0.1, 0.15) is 50.5 Å². The number of hydrogen-bond donors (Lipinski definition) is 2. The number of ether oxygens (including phenoxy) is 1. The van der Waals surface area contributed by atoms with Gasteiger partial charge in [0, 0.05) is 30.5 Å².